The van der Waals surface area contributed by atoms with Crippen LogP contribution in [-0.2, 0) is 53.4 Å². The molecule has 0 spiro atoms. The van der Waals surface area contributed by atoms with Crippen molar-refractivity contribution in [2.24, 2.45) is 0 Å². The number of thioether (sulfide) groups is 1. The number of pyridine rings is 1. The second-order valence-corrected chi connectivity index (χ2v) is 26.7. The van der Waals surface area contributed by atoms with Gasteiger partial charge in [-0.2, -0.15) is 10.5 Å². The van der Waals surface area contributed by atoms with Gasteiger partial charge in [-0.1, -0.05) is 35.5 Å². The number of rotatable bonds is 29. The van der Waals surface area contributed by atoms with E-state index in [1.807, 2.05) is 0 Å². The fraction of sp³-hybridized carbons (Fsp3) is 0.531. The smallest absolute Gasteiger partial charge is 0.408 e. The molecule has 0 aliphatic rings. The molecule has 0 radical (unpaired) electrons. The molecule has 4 aromatic rings. The number of ether oxygens (including phenoxy) is 7. The van der Waals surface area contributed by atoms with E-state index < -0.39 is 114 Å². The van der Waals surface area contributed by atoms with Gasteiger partial charge in [-0.3, -0.25) is 9.59 Å². The molecule has 0 bridgehead atoms. The number of nitrogens with zero attached hydrogens (tertiary/aromatic N) is 4. The van der Waals surface area contributed by atoms with E-state index in [0.717, 1.165) is 11.8 Å². The molecule has 506 valence electrons. The number of nitriles is 2. The first-order valence-electron chi connectivity index (χ1n) is 30.0. The van der Waals surface area contributed by atoms with Crippen molar-refractivity contribution in [3.05, 3.63) is 76.6 Å². The SMILES string of the molecule is C[C@H](NC(=O)[C@H](CCCCNC(=O)OC(C)(C)C)NC(=O)OC(C)(C)C)C(=O)OC[C@H](COc1ccc(-c2c(C#N)c(N)nc(SCc3coc(-c4ccc(Cl)cc4)n3)c2C#N)cc1)OC(=O)[C@H](C)NC(=O)[C@H](CCCCNC(=O)OC(C)(C)C)NC(=O)OC(C)(C)C. The van der Waals surface area contributed by atoms with Gasteiger partial charge in [0.2, 0.25) is 17.7 Å². The van der Waals surface area contributed by atoms with Crippen molar-refractivity contribution in [3.63, 3.8) is 0 Å². The van der Waals surface area contributed by atoms with Crippen LogP contribution in [-0.4, -0.2) is 137 Å². The van der Waals surface area contributed by atoms with Crippen LogP contribution >= 0.6 is 23.4 Å². The lowest BCUT2D eigenvalue weighted by Crippen LogP contribution is -2.52. The van der Waals surface area contributed by atoms with E-state index in [9.17, 15) is 48.9 Å². The van der Waals surface area contributed by atoms with E-state index in [0.29, 0.717) is 53.4 Å². The standard InChI is InChI=1S/C64H86ClN11O16S/c1-37(71-51(77)47(74-59(83)91-63(9,10)11)19-15-17-29-69-57(81)89-61(3,4)5)55(79)87-35-44(88-56(80)38(2)72-52(78)48(75-60(84)92-64(12,13)14)20-16-18-30-70-58(82)90-62(6,7)8)34-85-43-27-23-39(24-28-43)49-45(31-66)50(68)76-54(46(49)32-67)93-36-42-33-86-53(73-42)40-21-25-41(65)26-22-40/h21-28,33,37-38,44,47-48H,15-20,29-30,34-36H2,1-14H3,(H2,68,76)(H,69,81)(H,70,82)(H,71,77)(H,72,78)(H,74,83)(H,75,84)/t37-,38-,44-,47-,48-/m0/s1. The van der Waals surface area contributed by atoms with Crippen LogP contribution in [0.4, 0.5) is 25.0 Å². The number of unbranched alkanes of at least 4 members (excludes halogenated alkanes) is 2. The van der Waals surface area contributed by atoms with Crippen LogP contribution in [0.15, 0.2) is 64.2 Å². The van der Waals surface area contributed by atoms with Crippen molar-refractivity contribution < 1.29 is 75.9 Å². The highest BCUT2D eigenvalue weighted by atomic mass is 35.5. The van der Waals surface area contributed by atoms with E-state index in [4.69, 9.17) is 54.9 Å². The summed E-state index contributed by atoms with van der Waals surface area (Å²) in [5, 5.41) is 37.0. The number of nitrogen functional groups attached to an aromatic ring is 1. The zero-order valence-electron chi connectivity index (χ0n) is 55.0. The third-order valence-corrected chi connectivity index (χ3v) is 13.6. The Morgan fingerprint density at radius 1 is 0.602 bits per heavy atom. The molecule has 0 fully saturated rings. The Balaban J connectivity index is 1.56. The Hall–Kier alpha value is -9.02. The predicted molar refractivity (Wildman–Crippen MR) is 344 cm³/mol. The minimum atomic E-state index is -1.41. The molecular weight excluding hydrogens is 1250 g/mol. The molecule has 0 aliphatic heterocycles. The van der Waals surface area contributed by atoms with Crippen molar-refractivity contribution >= 4 is 77.3 Å². The Morgan fingerprint density at radius 2 is 1.06 bits per heavy atom. The Bertz CT molecular complexity index is 3310. The molecule has 5 atom stereocenters. The second-order valence-electron chi connectivity index (χ2n) is 25.3. The van der Waals surface area contributed by atoms with Crippen LogP contribution in [0.1, 0.15) is 152 Å². The molecular formula is C64H86ClN11O16S. The van der Waals surface area contributed by atoms with Gasteiger partial charge in [0, 0.05) is 35.0 Å². The number of carbonyl (C=O) groups is 8. The number of alkyl carbamates (subject to hydrolysis) is 4. The van der Waals surface area contributed by atoms with Crippen molar-refractivity contribution in [3.8, 4) is 40.5 Å². The van der Waals surface area contributed by atoms with E-state index in [-0.39, 0.29) is 65.0 Å². The number of anilines is 1. The van der Waals surface area contributed by atoms with Gasteiger partial charge in [0.15, 0.2) is 6.10 Å². The summed E-state index contributed by atoms with van der Waals surface area (Å²) in [5.41, 5.74) is 4.84. The lowest BCUT2D eigenvalue weighted by Gasteiger charge is -2.25. The third kappa shape index (κ3) is 28.2. The van der Waals surface area contributed by atoms with Gasteiger partial charge < -0.3 is 75.2 Å². The number of carbonyl (C=O) groups excluding carboxylic acids is 8. The minimum absolute atomic E-state index is 0.0508. The van der Waals surface area contributed by atoms with E-state index in [1.54, 1.807) is 119 Å². The summed E-state index contributed by atoms with van der Waals surface area (Å²) >= 11 is 7.20. The maximum atomic E-state index is 14.0. The zero-order chi connectivity index (χ0) is 69.4. The fourth-order valence-corrected chi connectivity index (χ4v) is 9.16. The first-order chi connectivity index (χ1) is 43.4. The number of nitrogens with one attached hydrogen (secondary N) is 6. The Labute approximate surface area is 551 Å². The largest absolute Gasteiger partial charge is 0.490 e. The van der Waals surface area contributed by atoms with Gasteiger partial charge in [-0.15, -0.1) is 0 Å². The van der Waals surface area contributed by atoms with Gasteiger partial charge in [0.05, 0.1) is 11.3 Å². The summed E-state index contributed by atoms with van der Waals surface area (Å²) < 4.78 is 44.5. The van der Waals surface area contributed by atoms with E-state index in [2.05, 4.69) is 54.0 Å². The van der Waals surface area contributed by atoms with Crippen LogP contribution in [0.25, 0.3) is 22.6 Å². The highest BCUT2D eigenvalue weighted by Gasteiger charge is 2.32. The molecule has 8 N–H and O–H groups in total. The average Bonchev–Trinajstić information content (AvgIpc) is 0.957. The molecule has 2 aromatic carbocycles. The summed E-state index contributed by atoms with van der Waals surface area (Å²) in [6.07, 6.45) is -1.48. The molecule has 93 heavy (non-hydrogen) atoms. The molecule has 6 amide bonds. The van der Waals surface area contributed by atoms with Crippen molar-refractivity contribution in [1.29, 1.82) is 10.5 Å². The summed E-state index contributed by atoms with van der Waals surface area (Å²) in [5.74, 6) is -2.97. The molecule has 4 rings (SSSR count). The summed E-state index contributed by atoms with van der Waals surface area (Å²) in [6.45, 7) is 22.1. The van der Waals surface area contributed by atoms with Crippen LogP contribution in [0.2, 0.25) is 5.02 Å². The molecule has 29 heteroatoms. The maximum absolute atomic E-state index is 14.0. The Morgan fingerprint density at radius 3 is 1.54 bits per heavy atom. The number of amides is 6. The van der Waals surface area contributed by atoms with Crippen molar-refractivity contribution in [2.75, 3.05) is 32.0 Å². The normalized spacial score (nSPS) is 13.1. The number of esters is 2. The van der Waals surface area contributed by atoms with Gasteiger partial charge in [-0.25, -0.2) is 38.7 Å². The lowest BCUT2D eigenvalue weighted by molar-refractivity contribution is -0.163. The fourth-order valence-electron chi connectivity index (χ4n) is 8.16. The van der Waals surface area contributed by atoms with Crippen molar-refractivity contribution in [2.45, 2.75) is 199 Å². The second kappa shape index (κ2) is 35.1. The number of aromatic nitrogens is 2. The molecule has 0 aliphatic carbocycles. The summed E-state index contributed by atoms with van der Waals surface area (Å²) in [4.78, 5) is 114. The van der Waals surface area contributed by atoms with Crippen LogP contribution in [0.5, 0.6) is 5.75 Å². The summed E-state index contributed by atoms with van der Waals surface area (Å²) in [6, 6.07) is 12.1. The summed E-state index contributed by atoms with van der Waals surface area (Å²) in [7, 11) is 0. The van der Waals surface area contributed by atoms with Gasteiger partial charge in [0.1, 0.15) is 100 Å². The number of halogens is 1. The van der Waals surface area contributed by atoms with Gasteiger partial charge in [0.25, 0.3) is 0 Å². The van der Waals surface area contributed by atoms with Gasteiger partial charge >= 0.3 is 36.3 Å². The van der Waals surface area contributed by atoms with Crippen LogP contribution < -0.4 is 42.4 Å². The monoisotopic (exact) mass is 1330 g/mol. The van der Waals surface area contributed by atoms with E-state index >= 15 is 0 Å². The quantitative estimate of drug-likeness (QED) is 0.0115. The van der Waals surface area contributed by atoms with Crippen LogP contribution in [0, 0.1) is 22.7 Å². The molecule has 0 saturated heterocycles. The number of benzene rings is 2. The van der Waals surface area contributed by atoms with Crippen molar-refractivity contribution in [1.82, 2.24) is 41.9 Å². The topological polar surface area (TPSA) is 386 Å². The van der Waals surface area contributed by atoms with Crippen LogP contribution in [0.3, 0.4) is 0 Å². The van der Waals surface area contributed by atoms with E-state index in [1.165, 1.54) is 32.2 Å². The Kier molecular flexibility index (Phi) is 28.9. The molecule has 27 nitrogen and oxygen atoms in total. The lowest BCUT2D eigenvalue weighted by atomic mass is 9.97. The number of hydrogen-bond donors (Lipinski definition) is 7. The molecule has 0 unspecified atom stereocenters. The predicted octanol–water partition coefficient (Wildman–Crippen LogP) is 9.69. The van der Waals surface area contributed by atoms with Gasteiger partial charge in [-0.05, 0) is 177 Å². The minimum Gasteiger partial charge on any atom is -0.490 e. The maximum Gasteiger partial charge on any atom is 0.408 e. The first-order valence-corrected chi connectivity index (χ1v) is 31.4. The third-order valence-electron chi connectivity index (χ3n) is 12.3. The highest BCUT2D eigenvalue weighted by Crippen LogP contribution is 2.37. The molecule has 2 aromatic heterocycles. The average molecular weight is 1330 g/mol. The highest BCUT2D eigenvalue weighted by molar-refractivity contribution is 7.98. The number of hydrogen-bond acceptors (Lipinski definition) is 22. The zero-order valence-corrected chi connectivity index (χ0v) is 56.6. The molecule has 0 saturated carbocycles. The first kappa shape index (κ1) is 76.4. The number of nitrogens with two attached hydrogens (primary N) is 1. The molecule has 2 heterocycles. The number of oxazole rings is 1.